The molecule has 0 spiro atoms. The van der Waals surface area contributed by atoms with Gasteiger partial charge in [-0.05, 0) is 22.9 Å². The van der Waals surface area contributed by atoms with Crippen LogP contribution in [0.4, 0.5) is 0 Å². The molecular weight excluding hydrogens is 234 g/mol. The summed E-state index contributed by atoms with van der Waals surface area (Å²) in [6.45, 7) is 9.08. The number of rotatable bonds is 3. The van der Waals surface area contributed by atoms with Gasteiger partial charge in [0.2, 0.25) is 0 Å². The van der Waals surface area contributed by atoms with Gasteiger partial charge < -0.3 is 0 Å². The van der Waals surface area contributed by atoms with Gasteiger partial charge in [-0.3, -0.25) is 10.1 Å². The summed E-state index contributed by atoms with van der Waals surface area (Å²) in [6, 6.07) is 0. The van der Waals surface area contributed by atoms with Crippen LogP contribution >= 0.6 is 15.9 Å². The number of nitro groups is 1. The number of nitrogens with zero attached hydrogens (tertiary/aromatic N) is 1. The van der Waals surface area contributed by atoms with Crippen molar-refractivity contribution in [3.63, 3.8) is 0 Å². The zero-order chi connectivity index (χ0) is 10.9. The van der Waals surface area contributed by atoms with E-state index in [-0.39, 0.29) is 5.70 Å². The maximum Gasteiger partial charge on any atom is 0.283 e. The summed E-state index contributed by atoms with van der Waals surface area (Å²) in [6.07, 6.45) is 4.32. The number of halogens is 1. The monoisotopic (exact) mass is 247 g/mol. The van der Waals surface area contributed by atoms with Crippen LogP contribution in [-0.4, -0.2) is 4.92 Å². The lowest BCUT2D eigenvalue weighted by atomic mass is 10.3. The number of allylic oxidation sites excluding steroid dienone is 4. The standard InChI is InChI=1S/C7H8BrNO2.C2H6/c1-3-5-7(9(10)11)6(8)4-2;1-2/h3-5H,1H2,2H3;1-2H3/b6-4+,7-5+;. The molecule has 0 radical (unpaired) electrons. The zero-order valence-electron chi connectivity index (χ0n) is 8.08. The van der Waals surface area contributed by atoms with E-state index in [1.165, 1.54) is 12.2 Å². The van der Waals surface area contributed by atoms with Crippen LogP contribution < -0.4 is 0 Å². The van der Waals surface area contributed by atoms with Gasteiger partial charge in [-0.25, -0.2) is 0 Å². The molecule has 0 atom stereocenters. The third-order valence-corrected chi connectivity index (χ3v) is 1.83. The van der Waals surface area contributed by atoms with E-state index in [1.807, 2.05) is 13.8 Å². The minimum atomic E-state index is -0.467. The van der Waals surface area contributed by atoms with E-state index in [2.05, 4.69) is 22.5 Å². The van der Waals surface area contributed by atoms with E-state index in [1.54, 1.807) is 13.0 Å². The molecule has 3 nitrogen and oxygen atoms in total. The topological polar surface area (TPSA) is 43.1 Å². The Hall–Kier alpha value is -0.900. The second-order valence-electron chi connectivity index (χ2n) is 1.68. The molecule has 0 aromatic rings. The molecule has 0 N–H and O–H groups in total. The Balaban J connectivity index is 0. The van der Waals surface area contributed by atoms with Crippen LogP contribution in [0.3, 0.4) is 0 Å². The van der Waals surface area contributed by atoms with Crippen molar-refractivity contribution < 1.29 is 4.92 Å². The molecule has 0 fully saturated rings. The van der Waals surface area contributed by atoms with E-state index in [9.17, 15) is 10.1 Å². The Morgan fingerprint density at radius 3 is 2.23 bits per heavy atom. The maximum atomic E-state index is 10.3. The molecule has 0 bridgehead atoms. The minimum Gasteiger partial charge on any atom is -0.258 e. The average molecular weight is 248 g/mol. The third kappa shape index (κ3) is 6.28. The summed E-state index contributed by atoms with van der Waals surface area (Å²) in [7, 11) is 0. The van der Waals surface area contributed by atoms with Gasteiger partial charge >= 0.3 is 0 Å². The van der Waals surface area contributed by atoms with Gasteiger partial charge in [0.05, 0.1) is 9.41 Å². The molecule has 0 unspecified atom stereocenters. The largest absolute Gasteiger partial charge is 0.283 e. The average Bonchev–Trinajstić information content (AvgIpc) is 2.15. The Labute approximate surface area is 87.1 Å². The lowest BCUT2D eigenvalue weighted by Crippen LogP contribution is -1.97. The van der Waals surface area contributed by atoms with Crippen LogP contribution in [0.25, 0.3) is 0 Å². The van der Waals surface area contributed by atoms with E-state index in [4.69, 9.17) is 0 Å². The molecule has 0 saturated carbocycles. The molecule has 74 valence electrons. The lowest BCUT2D eigenvalue weighted by Gasteiger charge is -1.92. The molecule has 0 aromatic heterocycles. The van der Waals surface area contributed by atoms with Crippen LogP contribution in [0, 0.1) is 10.1 Å². The Morgan fingerprint density at radius 2 is 2.00 bits per heavy atom. The maximum absolute atomic E-state index is 10.3. The normalized spacial score (nSPS) is 11.4. The van der Waals surface area contributed by atoms with Gasteiger partial charge in [-0.2, -0.15) is 0 Å². The van der Waals surface area contributed by atoms with E-state index >= 15 is 0 Å². The summed E-state index contributed by atoms with van der Waals surface area (Å²) in [5, 5.41) is 10.3. The smallest absolute Gasteiger partial charge is 0.258 e. The first-order chi connectivity index (χ1) is 6.13. The van der Waals surface area contributed by atoms with Crippen molar-refractivity contribution in [3.8, 4) is 0 Å². The SMILES string of the molecule is C=C/C=C(\C(Br)=C/C)[N+](=O)[O-].CC. The fourth-order valence-corrected chi connectivity index (χ4v) is 0.764. The molecule has 0 aromatic carbocycles. The van der Waals surface area contributed by atoms with Crippen molar-refractivity contribution in [1.82, 2.24) is 0 Å². The number of hydrogen-bond acceptors (Lipinski definition) is 2. The zero-order valence-corrected chi connectivity index (χ0v) is 9.67. The summed E-state index contributed by atoms with van der Waals surface area (Å²) >= 11 is 3.05. The van der Waals surface area contributed by atoms with Crippen LogP contribution in [0.5, 0.6) is 0 Å². The van der Waals surface area contributed by atoms with Crippen molar-refractivity contribution >= 4 is 15.9 Å². The van der Waals surface area contributed by atoms with Gasteiger partial charge in [0.15, 0.2) is 0 Å². The quantitative estimate of drug-likeness (QED) is 0.434. The van der Waals surface area contributed by atoms with Crippen molar-refractivity contribution in [2.24, 2.45) is 0 Å². The molecular formula is C9H14BrNO2. The van der Waals surface area contributed by atoms with Crippen LogP contribution in [0.2, 0.25) is 0 Å². The molecule has 0 heterocycles. The third-order valence-electron chi connectivity index (χ3n) is 0.971. The minimum absolute atomic E-state index is 0.0162. The predicted molar refractivity (Wildman–Crippen MR) is 59.3 cm³/mol. The number of hydrogen-bond donors (Lipinski definition) is 0. The first-order valence-electron chi connectivity index (χ1n) is 3.92. The first-order valence-corrected chi connectivity index (χ1v) is 4.72. The van der Waals surface area contributed by atoms with E-state index in [0.717, 1.165) is 0 Å². The van der Waals surface area contributed by atoms with Crippen LogP contribution in [0.1, 0.15) is 20.8 Å². The first kappa shape index (κ1) is 14.6. The lowest BCUT2D eigenvalue weighted by molar-refractivity contribution is -0.419. The predicted octanol–water partition coefficient (Wildman–Crippen LogP) is 3.66. The van der Waals surface area contributed by atoms with E-state index in [0.29, 0.717) is 4.48 Å². The van der Waals surface area contributed by atoms with Crippen molar-refractivity contribution in [2.75, 3.05) is 0 Å². The summed E-state index contributed by atoms with van der Waals surface area (Å²) in [4.78, 5) is 9.84. The Kier molecular flexibility index (Phi) is 10.3. The van der Waals surface area contributed by atoms with E-state index < -0.39 is 4.92 Å². The molecule has 4 heteroatoms. The molecule has 0 amide bonds. The van der Waals surface area contributed by atoms with Crippen LogP contribution in [-0.2, 0) is 0 Å². The highest BCUT2D eigenvalue weighted by atomic mass is 79.9. The van der Waals surface area contributed by atoms with Gasteiger partial charge in [-0.15, -0.1) is 0 Å². The molecule has 13 heavy (non-hydrogen) atoms. The van der Waals surface area contributed by atoms with Gasteiger partial charge in [0, 0.05) is 6.08 Å². The Morgan fingerprint density at radius 1 is 1.54 bits per heavy atom. The second kappa shape index (κ2) is 9.19. The highest BCUT2D eigenvalue weighted by Gasteiger charge is 2.11. The fourth-order valence-electron chi connectivity index (χ4n) is 0.487. The second-order valence-corrected chi connectivity index (χ2v) is 2.54. The van der Waals surface area contributed by atoms with Gasteiger partial charge in [-0.1, -0.05) is 32.6 Å². The van der Waals surface area contributed by atoms with Gasteiger partial charge in [0.1, 0.15) is 0 Å². The van der Waals surface area contributed by atoms with Crippen molar-refractivity contribution in [2.45, 2.75) is 20.8 Å². The van der Waals surface area contributed by atoms with Crippen molar-refractivity contribution in [3.05, 3.63) is 45.1 Å². The molecule has 0 aliphatic rings. The summed E-state index contributed by atoms with van der Waals surface area (Å²) in [5.41, 5.74) is 0.0162. The highest BCUT2D eigenvalue weighted by Crippen LogP contribution is 2.16. The summed E-state index contributed by atoms with van der Waals surface area (Å²) < 4.78 is 0.461. The summed E-state index contributed by atoms with van der Waals surface area (Å²) in [5.74, 6) is 0. The molecule has 0 aliphatic carbocycles. The molecule has 0 rings (SSSR count). The van der Waals surface area contributed by atoms with Crippen molar-refractivity contribution in [1.29, 1.82) is 0 Å². The Bertz CT molecular complexity index is 232. The highest BCUT2D eigenvalue weighted by molar-refractivity contribution is 9.11. The van der Waals surface area contributed by atoms with Crippen LogP contribution in [0.15, 0.2) is 35.0 Å². The fraction of sp³-hybridized carbons (Fsp3) is 0.333. The van der Waals surface area contributed by atoms with Gasteiger partial charge in [0.25, 0.3) is 5.70 Å². The molecule has 0 aliphatic heterocycles. The molecule has 0 saturated heterocycles.